The molecule has 0 saturated carbocycles. The van der Waals surface area contributed by atoms with Crippen LogP contribution in [0.2, 0.25) is 0 Å². The van der Waals surface area contributed by atoms with Gasteiger partial charge in [0.1, 0.15) is 18.0 Å². The van der Waals surface area contributed by atoms with Crippen molar-refractivity contribution in [3.05, 3.63) is 52.8 Å². The van der Waals surface area contributed by atoms with E-state index >= 15 is 0 Å². The van der Waals surface area contributed by atoms with Crippen molar-refractivity contribution < 1.29 is 14.3 Å². The zero-order valence-electron chi connectivity index (χ0n) is 17.5. The molecular weight excluding hydrogens is 416 g/mol. The highest BCUT2D eigenvalue weighted by Gasteiger charge is 2.19. The van der Waals surface area contributed by atoms with E-state index in [9.17, 15) is 9.59 Å². The van der Waals surface area contributed by atoms with E-state index in [-0.39, 0.29) is 18.0 Å². The van der Waals surface area contributed by atoms with Crippen LogP contribution >= 0.6 is 11.8 Å². The van der Waals surface area contributed by atoms with Gasteiger partial charge in [-0.05, 0) is 18.2 Å². The predicted octanol–water partition coefficient (Wildman–Crippen LogP) is 2.61. The highest BCUT2D eigenvalue weighted by molar-refractivity contribution is 7.99. The molecule has 162 valence electrons. The Balaban J connectivity index is 1.64. The number of thioether (sulfide) groups is 1. The van der Waals surface area contributed by atoms with E-state index in [2.05, 4.69) is 15.3 Å². The molecule has 1 fully saturated rings. The maximum absolute atomic E-state index is 13.0. The summed E-state index contributed by atoms with van der Waals surface area (Å²) in [5, 5.41) is 8.75. The Labute approximate surface area is 184 Å². The number of carbonyl (C=O) groups is 1. The van der Waals surface area contributed by atoms with Gasteiger partial charge in [0, 0.05) is 36.0 Å². The molecule has 0 bridgehead atoms. The monoisotopic (exact) mass is 440 g/mol. The molecule has 2 aromatic carbocycles. The van der Waals surface area contributed by atoms with E-state index in [1.807, 2.05) is 30.0 Å². The first-order valence-electron chi connectivity index (χ1n) is 9.95. The van der Waals surface area contributed by atoms with E-state index in [4.69, 9.17) is 9.47 Å². The summed E-state index contributed by atoms with van der Waals surface area (Å²) in [6, 6.07) is 12.5. The molecule has 1 amide bonds. The zero-order chi connectivity index (χ0) is 21.8. The number of amides is 1. The molecule has 1 aliphatic rings. The fourth-order valence-corrected chi connectivity index (χ4v) is 4.46. The van der Waals surface area contributed by atoms with E-state index in [0.717, 1.165) is 35.8 Å². The van der Waals surface area contributed by atoms with Crippen molar-refractivity contribution in [3.63, 3.8) is 0 Å². The molecule has 1 N–H and O–H groups in total. The van der Waals surface area contributed by atoms with Crippen molar-refractivity contribution in [1.82, 2.24) is 9.78 Å². The van der Waals surface area contributed by atoms with Gasteiger partial charge in [-0.15, -0.1) is 0 Å². The number of nitrogens with one attached hydrogen (secondary N) is 1. The fraction of sp³-hybridized carbons (Fsp3) is 0.318. The summed E-state index contributed by atoms with van der Waals surface area (Å²) in [5.74, 6) is 3.48. The van der Waals surface area contributed by atoms with Crippen LogP contribution < -0.4 is 25.2 Å². The third-order valence-corrected chi connectivity index (χ3v) is 6.08. The first-order valence-corrected chi connectivity index (χ1v) is 11.1. The summed E-state index contributed by atoms with van der Waals surface area (Å²) in [6.07, 6.45) is 0. The lowest BCUT2D eigenvalue weighted by Gasteiger charge is -2.28. The normalized spacial score (nSPS) is 13.8. The summed E-state index contributed by atoms with van der Waals surface area (Å²) >= 11 is 1.90. The highest BCUT2D eigenvalue weighted by atomic mass is 32.2. The van der Waals surface area contributed by atoms with Crippen molar-refractivity contribution in [2.45, 2.75) is 6.54 Å². The SMILES string of the molecule is COc1ccc(NC(=O)Cn2nc(N3CCSCC3)c3ccccc3c2=O)c(OC)c1. The number of carbonyl (C=O) groups excluding carboxylic acids is 1. The van der Waals surface area contributed by atoms with Crippen LogP contribution in [0.3, 0.4) is 0 Å². The Morgan fingerprint density at radius 2 is 1.84 bits per heavy atom. The van der Waals surface area contributed by atoms with Gasteiger partial charge in [0.05, 0.1) is 25.3 Å². The Bertz CT molecular complexity index is 1160. The summed E-state index contributed by atoms with van der Waals surface area (Å²) in [6.45, 7) is 1.51. The molecule has 0 unspecified atom stereocenters. The van der Waals surface area contributed by atoms with Gasteiger partial charge in [0.15, 0.2) is 5.82 Å². The van der Waals surface area contributed by atoms with Gasteiger partial charge in [-0.2, -0.15) is 16.9 Å². The van der Waals surface area contributed by atoms with Gasteiger partial charge in [-0.25, -0.2) is 4.68 Å². The lowest BCUT2D eigenvalue weighted by atomic mass is 10.1. The quantitative estimate of drug-likeness (QED) is 0.631. The standard InChI is InChI=1S/C22H24N4O4S/c1-29-15-7-8-18(19(13-15)30-2)23-20(27)14-26-22(28)17-6-4-3-5-16(17)21(24-26)25-9-11-31-12-10-25/h3-8,13H,9-12,14H2,1-2H3,(H,23,27). The molecule has 1 saturated heterocycles. The summed E-state index contributed by atoms with van der Waals surface area (Å²) in [7, 11) is 3.08. The maximum atomic E-state index is 13.0. The van der Waals surface area contributed by atoms with Gasteiger partial charge < -0.3 is 19.7 Å². The Hall–Kier alpha value is -3.20. The number of anilines is 2. The fourth-order valence-electron chi connectivity index (χ4n) is 3.56. The lowest BCUT2D eigenvalue weighted by molar-refractivity contribution is -0.117. The number of methoxy groups -OCH3 is 2. The van der Waals surface area contributed by atoms with Crippen LogP contribution in [0.4, 0.5) is 11.5 Å². The molecule has 0 radical (unpaired) electrons. The number of hydrogen-bond donors (Lipinski definition) is 1. The Morgan fingerprint density at radius 1 is 1.10 bits per heavy atom. The van der Waals surface area contributed by atoms with E-state index < -0.39 is 0 Å². The third kappa shape index (κ3) is 4.46. The molecule has 0 atom stereocenters. The number of ether oxygens (including phenoxy) is 2. The van der Waals surface area contributed by atoms with E-state index in [1.165, 1.54) is 11.8 Å². The first-order chi connectivity index (χ1) is 15.1. The number of rotatable bonds is 6. The van der Waals surface area contributed by atoms with Crippen molar-refractivity contribution in [2.75, 3.05) is 49.0 Å². The van der Waals surface area contributed by atoms with Crippen LogP contribution in [0.5, 0.6) is 11.5 Å². The second kappa shape index (κ2) is 9.30. The largest absolute Gasteiger partial charge is 0.497 e. The van der Waals surface area contributed by atoms with Crippen molar-refractivity contribution >= 4 is 39.9 Å². The first kappa shape index (κ1) is 21.0. The molecule has 31 heavy (non-hydrogen) atoms. The number of aromatic nitrogens is 2. The van der Waals surface area contributed by atoms with Gasteiger partial charge in [0.2, 0.25) is 5.91 Å². The predicted molar refractivity (Wildman–Crippen MR) is 124 cm³/mol. The van der Waals surface area contributed by atoms with Crippen LogP contribution in [0.1, 0.15) is 0 Å². The Morgan fingerprint density at radius 3 is 2.55 bits per heavy atom. The van der Waals surface area contributed by atoms with E-state index in [0.29, 0.717) is 22.6 Å². The van der Waals surface area contributed by atoms with Crippen LogP contribution in [0, 0.1) is 0 Å². The number of hydrogen-bond acceptors (Lipinski definition) is 7. The van der Waals surface area contributed by atoms with Crippen LogP contribution in [-0.2, 0) is 11.3 Å². The summed E-state index contributed by atoms with van der Waals surface area (Å²) < 4.78 is 11.8. The van der Waals surface area contributed by atoms with Gasteiger partial charge in [0.25, 0.3) is 5.56 Å². The van der Waals surface area contributed by atoms with Crippen LogP contribution in [-0.4, -0.2) is 54.5 Å². The van der Waals surface area contributed by atoms with Crippen molar-refractivity contribution in [3.8, 4) is 11.5 Å². The second-order valence-electron chi connectivity index (χ2n) is 7.05. The maximum Gasteiger partial charge on any atom is 0.275 e. The van der Waals surface area contributed by atoms with Crippen LogP contribution in [0.15, 0.2) is 47.3 Å². The third-order valence-electron chi connectivity index (χ3n) is 5.14. The van der Waals surface area contributed by atoms with Crippen molar-refractivity contribution in [2.24, 2.45) is 0 Å². The molecular formula is C22H24N4O4S. The molecule has 2 heterocycles. The summed E-state index contributed by atoms with van der Waals surface area (Å²) in [5.41, 5.74) is 0.206. The molecule has 9 heteroatoms. The molecule has 1 aromatic heterocycles. The van der Waals surface area contributed by atoms with Gasteiger partial charge in [-0.3, -0.25) is 9.59 Å². The van der Waals surface area contributed by atoms with Gasteiger partial charge >= 0.3 is 0 Å². The number of fused-ring (bicyclic) bond motifs is 1. The topological polar surface area (TPSA) is 85.7 Å². The van der Waals surface area contributed by atoms with Gasteiger partial charge in [-0.1, -0.05) is 18.2 Å². The Kier molecular flexibility index (Phi) is 6.31. The highest BCUT2D eigenvalue weighted by Crippen LogP contribution is 2.29. The second-order valence-corrected chi connectivity index (χ2v) is 8.27. The minimum absolute atomic E-state index is 0.200. The zero-order valence-corrected chi connectivity index (χ0v) is 18.3. The molecule has 4 rings (SSSR count). The minimum Gasteiger partial charge on any atom is -0.497 e. The van der Waals surface area contributed by atoms with E-state index in [1.54, 1.807) is 31.4 Å². The average molecular weight is 441 g/mol. The smallest absolute Gasteiger partial charge is 0.275 e. The lowest BCUT2D eigenvalue weighted by Crippen LogP contribution is -2.37. The molecule has 0 aliphatic carbocycles. The molecule has 8 nitrogen and oxygen atoms in total. The molecule has 1 aliphatic heterocycles. The number of benzene rings is 2. The van der Waals surface area contributed by atoms with Crippen molar-refractivity contribution in [1.29, 1.82) is 0 Å². The summed E-state index contributed by atoms with van der Waals surface area (Å²) in [4.78, 5) is 28.0. The molecule has 3 aromatic rings. The molecule has 0 spiro atoms. The minimum atomic E-state index is -0.367. The van der Waals surface area contributed by atoms with Crippen LogP contribution in [0.25, 0.3) is 10.8 Å². The number of nitrogens with zero attached hydrogens (tertiary/aromatic N) is 3. The average Bonchev–Trinajstić information content (AvgIpc) is 2.81.